The van der Waals surface area contributed by atoms with Crippen LogP contribution < -0.4 is 4.90 Å². The average Bonchev–Trinajstić information content (AvgIpc) is 2.90. The van der Waals surface area contributed by atoms with Crippen molar-refractivity contribution in [2.75, 3.05) is 19.0 Å². The summed E-state index contributed by atoms with van der Waals surface area (Å²) < 4.78 is 43.0. The van der Waals surface area contributed by atoms with Crippen molar-refractivity contribution >= 4 is 23.2 Å². The smallest absolute Gasteiger partial charge is 0.255 e. The summed E-state index contributed by atoms with van der Waals surface area (Å²) in [7, 11) is 3.26. The number of nitrogens with zero attached hydrogens (tertiary/aromatic N) is 5. The van der Waals surface area contributed by atoms with Gasteiger partial charge >= 0.3 is 0 Å². The van der Waals surface area contributed by atoms with Crippen molar-refractivity contribution in [2.24, 2.45) is 0 Å². The highest BCUT2D eigenvalue weighted by Crippen LogP contribution is 2.38. The molecule has 0 bridgehead atoms. The first-order chi connectivity index (χ1) is 10.4. The number of fused-ring (bicyclic) bond motifs is 1. The Morgan fingerprint density at radius 3 is 2.45 bits per heavy atom. The molecular formula is C13H9ClF3N5. The molecule has 0 fully saturated rings. The monoisotopic (exact) mass is 327 g/mol. The second-order valence-corrected chi connectivity index (χ2v) is 5.04. The first kappa shape index (κ1) is 14.6. The van der Waals surface area contributed by atoms with E-state index in [1.807, 2.05) is 0 Å². The Kier molecular flexibility index (Phi) is 3.40. The molecule has 3 aromatic rings. The molecule has 0 unspecified atom stereocenters. The van der Waals surface area contributed by atoms with Crippen molar-refractivity contribution in [3.63, 3.8) is 0 Å². The van der Waals surface area contributed by atoms with Crippen LogP contribution in [0.3, 0.4) is 0 Å². The van der Waals surface area contributed by atoms with Gasteiger partial charge in [-0.15, -0.1) is 0 Å². The van der Waals surface area contributed by atoms with Gasteiger partial charge in [0.2, 0.25) is 0 Å². The molecule has 2 heterocycles. The minimum absolute atomic E-state index is 0.0980. The number of anilines is 1. The van der Waals surface area contributed by atoms with E-state index in [-0.39, 0.29) is 22.3 Å². The Bertz CT molecular complexity index is 878. The molecule has 5 nitrogen and oxygen atoms in total. The average molecular weight is 328 g/mol. The molecule has 0 saturated carbocycles. The lowest BCUT2D eigenvalue weighted by atomic mass is 10.1. The van der Waals surface area contributed by atoms with Crippen molar-refractivity contribution in [1.29, 1.82) is 0 Å². The maximum Gasteiger partial charge on any atom is 0.255 e. The molecule has 3 rings (SSSR count). The third-order valence-corrected chi connectivity index (χ3v) is 3.35. The molecule has 0 aliphatic carbocycles. The van der Waals surface area contributed by atoms with Gasteiger partial charge in [-0.1, -0.05) is 11.6 Å². The van der Waals surface area contributed by atoms with Crippen molar-refractivity contribution in [2.45, 2.75) is 0 Å². The zero-order valence-electron chi connectivity index (χ0n) is 11.5. The van der Waals surface area contributed by atoms with Gasteiger partial charge in [0.05, 0.1) is 11.1 Å². The maximum absolute atomic E-state index is 14.1. The minimum Gasteiger partial charge on any atom is -0.362 e. The van der Waals surface area contributed by atoms with E-state index in [4.69, 9.17) is 11.6 Å². The van der Waals surface area contributed by atoms with Gasteiger partial charge in [0.25, 0.3) is 5.78 Å². The summed E-state index contributed by atoms with van der Waals surface area (Å²) >= 11 is 6.07. The van der Waals surface area contributed by atoms with E-state index in [9.17, 15) is 13.2 Å². The molecule has 2 aromatic heterocycles. The molecule has 0 spiro atoms. The molecule has 0 atom stereocenters. The van der Waals surface area contributed by atoms with Gasteiger partial charge in [-0.05, 0) is 12.1 Å². The van der Waals surface area contributed by atoms with Crippen molar-refractivity contribution in [3.05, 3.63) is 41.1 Å². The van der Waals surface area contributed by atoms with Crippen LogP contribution in [0, 0.1) is 17.5 Å². The normalized spacial score (nSPS) is 11.2. The predicted octanol–water partition coefficient (Wildman–Crippen LogP) is 2.93. The molecule has 0 saturated heterocycles. The van der Waals surface area contributed by atoms with Crippen molar-refractivity contribution in [3.8, 4) is 11.1 Å². The van der Waals surface area contributed by atoms with E-state index in [0.29, 0.717) is 6.07 Å². The van der Waals surface area contributed by atoms with Crippen LogP contribution in [-0.4, -0.2) is 33.7 Å². The molecule has 22 heavy (non-hydrogen) atoms. The van der Waals surface area contributed by atoms with Gasteiger partial charge in [-0.3, -0.25) is 0 Å². The van der Waals surface area contributed by atoms with Gasteiger partial charge < -0.3 is 4.90 Å². The van der Waals surface area contributed by atoms with Gasteiger partial charge in [-0.2, -0.15) is 19.6 Å². The van der Waals surface area contributed by atoms with Crippen LogP contribution in [0.15, 0.2) is 18.5 Å². The van der Waals surface area contributed by atoms with E-state index >= 15 is 0 Å². The zero-order chi connectivity index (χ0) is 16.0. The molecule has 0 aliphatic heterocycles. The minimum atomic E-state index is -1.34. The first-order valence-corrected chi connectivity index (χ1v) is 6.50. The van der Waals surface area contributed by atoms with Crippen LogP contribution in [-0.2, 0) is 0 Å². The summed E-state index contributed by atoms with van der Waals surface area (Å²) in [5.41, 5.74) is -0.697. The van der Waals surface area contributed by atoms with E-state index < -0.39 is 23.0 Å². The topological polar surface area (TPSA) is 46.3 Å². The summed E-state index contributed by atoms with van der Waals surface area (Å²) in [5, 5.41) is 3.75. The quantitative estimate of drug-likeness (QED) is 0.536. The fourth-order valence-corrected chi connectivity index (χ4v) is 2.44. The fraction of sp³-hybridized carbons (Fsp3) is 0.154. The number of hydrogen-bond acceptors (Lipinski definition) is 4. The molecular weight excluding hydrogens is 319 g/mol. The van der Waals surface area contributed by atoms with Crippen molar-refractivity contribution < 1.29 is 13.2 Å². The Labute approximate surface area is 128 Å². The van der Waals surface area contributed by atoms with Crippen LogP contribution in [0.4, 0.5) is 19.0 Å². The first-order valence-electron chi connectivity index (χ1n) is 6.12. The van der Waals surface area contributed by atoms with Crippen LogP contribution in [0.2, 0.25) is 5.15 Å². The Morgan fingerprint density at radius 1 is 1.09 bits per heavy atom. The Morgan fingerprint density at radius 2 is 1.77 bits per heavy atom. The molecule has 0 N–H and O–H groups in total. The second kappa shape index (κ2) is 5.13. The molecule has 0 amide bonds. The third-order valence-electron chi connectivity index (χ3n) is 3.08. The van der Waals surface area contributed by atoms with Gasteiger partial charge in [0.1, 0.15) is 23.1 Å². The van der Waals surface area contributed by atoms with Crippen LogP contribution >= 0.6 is 11.6 Å². The van der Waals surface area contributed by atoms with Crippen LogP contribution in [0.5, 0.6) is 0 Å². The lowest BCUT2D eigenvalue weighted by Gasteiger charge is -2.19. The van der Waals surface area contributed by atoms with E-state index in [0.717, 1.165) is 6.07 Å². The SMILES string of the molecule is CN(C)c1c(-c2c(F)ccc(F)c2F)c(Cl)nc2ncnn12. The van der Waals surface area contributed by atoms with E-state index in [2.05, 4.69) is 15.1 Å². The zero-order valence-corrected chi connectivity index (χ0v) is 12.2. The second-order valence-electron chi connectivity index (χ2n) is 4.69. The van der Waals surface area contributed by atoms with Crippen molar-refractivity contribution in [1.82, 2.24) is 19.6 Å². The highest BCUT2D eigenvalue weighted by molar-refractivity contribution is 6.33. The van der Waals surface area contributed by atoms with Gasteiger partial charge in [-0.25, -0.2) is 13.2 Å². The largest absolute Gasteiger partial charge is 0.362 e. The van der Waals surface area contributed by atoms with Crippen LogP contribution in [0.25, 0.3) is 16.9 Å². The highest BCUT2D eigenvalue weighted by atomic mass is 35.5. The van der Waals surface area contributed by atoms with Gasteiger partial charge in [0, 0.05) is 14.1 Å². The summed E-state index contributed by atoms with van der Waals surface area (Å²) in [6.45, 7) is 0. The number of halogens is 4. The Hall–Kier alpha value is -2.35. The summed E-state index contributed by atoms with van der Waals surface area (Å²) in [6, 6.07) is 1.54. The summed E-state index contributed by atoms with van der Waals surface area (Å²) in [4.78, 5) is 9.36. The predicted molar refractivity (Wildman–Crippen MR) is 75.4 cm³/mol. The molecule has 9 heteroatoms. The summed E-state index contributed by atoms with van der Waals surface area (Å²) in [5.74, 6) is -3.09. The highest BCUT2D eigenvalue weighted by Gasteiger charge is 2.25. The lowest BCUT2D eigenvalue weighted by molar-refractivity contribution is 0.499. The number of hydrogen-bond donors (Lipinski definition) is 0. The van der Waals surface area contributed by atoms with Crippen LogP contribution in [0.1, 0.15) is 0 Å². The van der Waals surface area contributed by atoms with Gasteiger partial charge in [0.15, 0.2) is 11.6 Å². The molecule has 1 aromatic carbocycles. The number of aromatic nitrogens is 4. The third kappa shape index (κ3) is 2.07. The fourth-order valence-electron chi connectivity index (χ4n) is 2.19. The van der Waals surface area contributed by atoms with E-state index in [1.54, 1.807) is 14.1 Å². The molecule has 114 valence electrons. The lowest BCUT2D eigenvalue weighted by Crippen LogP contribution is -2.17. The summed E-state index contributed by atoms with van der Waals surface area (Å²) in [6.07, 6.45) is 1.23. The Balaban J connectivity index is 2.48. The molecule has 0 aliphatic rings. The standard InChI is InChI=1S/C13H9ClF3N5/c1-21(2)12-9(8-6(15)3-4-7(16)10(8)17)11(14)20-13-18-5-19-22(12)13/h3-5H,1-2H3. The molecule has 0 radical (unpaired) electrons. The maximum atomic E-state index is 14.1. The number of benzene rings is 1. The number of rotatable bonds is 2. The van der Waals surface area contributed by atoms with E-state index in [1.165, 1.54) is 15.7 Å².